The molecular weight excluding hydrogens is 424 g/mol. The zero-order chi connectivity index (χ0) is 22.6. The van der Waals surface area contributed by atoms with Crippen LogP contribution in [0.15, 0.2) is 48.5 Å². The van der Waals surface area contributed by atoms with E-state index in [-0.39, 0.29) is 12.6 Å². The summed E-state index contributed by atoms with van der Waals surface area (Å²) in [5.74, 6) is 0.295. The first-order valence-electron chi connectivity index (χ1n) is 11.4. The van der Waals surface area contributed by atoms with Crippen LogP contribution in [0.25, 0.3) is 0 Å². The lowest BCUT2D eigenvalue weighted by molar-refractivity contribution is -0.142. The zero-order valence-corrected chi connectivity index (χ0v) is 19.8. The molecule has 1 N–H and O–H groups in total. The predicted octanol–water partition coefficient (Wildman–Crippen LogP) is 5.58. The Labute approximate surface area is 196 Å². The molecular formula is C26H33ClN2O3. The van der Waals surface area contributed by atoms with E-state index >= 15 is 0 Å². The third kappa shape index (κ3) is 4.83. The molecule has 2 aromatic rings. The van der Waals surface area contributed by atoms with Gasteiger partial charge in [-0.2, -0.15) is 0 Å². The highest BCUT2D eigenvalue weighted by atomic mass is 35.5. The van der Waals surface area contributed by atoms with Gasteiger partial charge in [0.15, 0.2) is 6.61 Å². The third-order valence-electron chi connectivity index (χ3n) is 7.59. The van der Waals surface area contributed by atoms with E-state index in [2.05, 4.69) is 45.3 Å². The number of hydrogen-bond acceptors (Lipinski definition) is 5. The standard InChI is InChI=1S/C26H33ClN2O3/c1-29(19-27)22-8-6-20(7-9-22)26-13-10-25(11-14-26,12-15-26)18-28-21-4-3-5-23(16-21)32-17-24(30)31-2/h3-9,16,28H,10-15,17-19H2,1-2H3. The number of ether oxygens (including phenoxy) is 2. The van der Waals surface area contributed by atoms with Crippen LogP contribution >= 0.6 is 11.6 Å². The average Bonchev–Trinajstić information content (AvgIpc) is 2.87. The first kappa shape index (κ1) is 22.8. The first-order chi connectivity index (χ1) is 15.5. The number of benzene rings is 2. The molecule has 2 aromatic carbocycles. The number of esters is 1. The fraction of sp³-hybridized carbons (Fsp3) is 0.500. The number of nitrogens with one attached hydrogen (secondary N) is 1. The van der Waals surface area contributed by atoms with E-state index in [1.54, 1.807) is 0 Å². The van der Waals surface area contributed by atoms with Gasteiger partial charge in [0.25, 0.3) is 0 Å². The van der Waals surface area contributed by atoms with Crippen LogP contribution in [0.1, 0.15) is 44.1 Å². The molecule has 0 atom stereocenters. The molecule has 0 spiro atoms. The van der Waals surface area contributed by atoms with Crippen molar-refractivity contribution >= 4 is 28.9 Å². The van der Waals surface area contributed by atoms with Crippen LogP contribution in [-0.2, 0) is 14.9 Å². The van der Waals surface area contributed by atoms with E-state index in [0.717, 1.165) is 12.2 Å². The number of anilines is 2. The molecule has 0 heterocycles. The second-order valence-electron chi connectivity index (χ2n) is 9.39. The molecule has 6 heteroatoms. The van der Waals surface area contributed by atoms with Gasteiger partial charge in [-0.1, -0.05) is 18.2 Å². The minimum absolute atomic E-state index is 0.0743. The van der Waals surface area contributed by atoms with Gasteiger partial charge in [0, 0.05) is 31.0 Å². The fourth-order valence-corrected chi connectivity index (χ4v) is 5.42. The Bertz CT molecular complexity index is 906. The summed E-state index contributed by atoms with van der Waals surface area (Å²) < 4.78 is 10.2. The van der Waals surface area contributed by atoms with E-state index in [1.807, 2.05) is 25.2 Å². The highest BCUT2D eigenvalue weighted by Crippen LogP contribution is 2.57. The normalized spacial score (nSPS) is 24.1. The summed E-state index contributed by atoms with van der Waals surface area (Å²) in [4.78, 5) is 13.4. The third-order valence-corrected chi connectivity index (χ3v) is 7.95. The van der Waals surface area contributed by atoms with Crippen molar-refractivity contribution in [3.8, 4) is 5.75 Å². The maximum atomic E-state index is 11.3. The molecule has 5 nitrogen and oxygen atoms in total. The number of rotatable bonds is 9. The van der Waals surface area contributed by atoms with E-state index in [0.29, 0.717) is 22.6 Å². The number of carbonyl (C=O) groups excluding carboxylic acids is 1. The van der Waals surface area contributed by atoms with Crippen molar-refractivity contribution < 1.29 is 14.3 Å². The maximum Gasteiger partial charge on any atom is 0.343 e. The maximum absolute atomic E-state index is 11.3. The lowest BCUT2D eigenvalue weighted by Gasteiger charge is -2.54. The van der Waals surface area contributed by atoms with Gasteiger partial charge in [-0.05, 0) is 79.2 Å². The summed E-state index contributed by atoms with van der Waals surface area (Å²) in [6.45, 7) is 0.901. The molecule has 0 saturated heterocycles. The number of halogens is 1. The van der Waals surface area contributed by atoms with E-state index in [1.165, 1.54) is 56.9 Å². The van der Waals surface area contributed by atoms with Gasteiger partial charge in [0.1, 0.15) is 5.75 Å². The van der Waals surface area contributed by atoms with Gasteiger partial charge in [0.2, 0.25) is 0 Å². The number of hydrogen-bond donors (Lipinski definition) is 1. The quantitative estimate of drug-likeness (QED) is 0.303. The van der Waals surface area contributed by atoms with Gasteiger partial charge in [-0.15, -0.1) is 11.6 Å². The molecule has 3 saturated carbocycles. The van der Waals surface area contributed by atoms with E-state index in [4.69, 9.17) is 16.3 Å². The van der Waals surface area contributed by atoms with Crippen molar-refractivity contribution in [3.05, 3.63) is 54.1 Å². The molecule has 3 aliphatic rings. The van der Waals surface area contributed by atoms with Gasteiger partial charge >= 0.3 is 5.97 Å². The molecule has 0 amide bonds. The van der Waals surface area contributed by atoms with Crippen LogP contribution in [-0.4, -0.2) is 39.3 Å². The van der Waals surface area contributed by atoms with Crippen molar-refractivity contribution in [2.75, 3.05) is 43.5 Å². The molecule has 3 aliphatic carbocycles. The highest BCUT2D eigenvalue weighted by Gasteiger charge is 2.49. The average molecular weight is 457 g/mol. The molecule has 32 heavy (non-hydrogen) atoms. The van der Waals surface area contributed by atoms with Crippen LogP contribution in [0.4, 0.5) is 11.4 Å². The number of nitrogens with zero attached hydrogens (tertiary/aromatic N) is 1. The SMILES string of the molecule is COC(=O)COc1cccc(NCC23CCC(c4ccc(N(C)CCl)cc4)(CC2)CC3)c1. The summed E-state index contributed by atoms with van der Waals surface area (Å²) in [5.41, 5.74) is 4.39. The summed E-state index contributed by atoms with van der Waals surface area (Å²) in [6, 6.07) is 17.4. The van der Waals surface area contributed by atoms with Crippen LogP contribution in [0.3, 0.4) is 0 Å². The Morgan fingerprint density at radius 3 is 2.38 bits per heavy atom. The molecule has 2 bridgehead atoms. The highest BCUT2D eigenvalue weighted by molar-refractivity contribution is 6.18. The Hall–Kier alpha value is -2.40. The number of alkyl halides is 1. The van der Waals surface area contributed by atoms with Gasteiger partial charge in [-0.3, -0.25) is 0 Å². The minimum Gasteiger partial charge on any atom is -0.482 e. The van der Waals surface area contributed by atoms with Crippen molar-refractivity contribution in [2.24, 2.45) is 5.41 Å². The topological polar surface area (TPSA) is 50.8 Å². The van der Waals surface area contributed by atoms with Crippen LogP contribution in [0.5, 0.6) is 5.75 Å². The number of fused-ring (bicyclic) bond motifs is 3. The Morgan fingerprint density at radius 1 is 1.06 bits per heavy atom. The summed E-state index contributed by atoms with van der Waals surface area (Å²) in [5, 5.41) is 3.64. The van der Waals surface area contributed by atoms with Gasteiger partial charge < -0.3 is 19.7 Å². The lowest BCUT2D eigenvalue weighted by Crippen LogP contribution is -2.47. The Kier molecular flexibility index (Phi) is 6.85. The largest absolute Gasteiger partial charge is 0.482 e. The smallest absolute Gasteiger partial charge is 0.343 e. The zero-order valence-electron chi connectivity index (χ0n) is 19.0. The van der Waals surface area contributed by atoms with Crippen LogP contribution < -0.4 is 15.0 Å². The van der Waals surface area contributed by atoms with Gasteiger partial charge in [0.05, 0.1) is 13.1 Å². The minimum atomic E-state index is -0.379. The van der Waals surface area contributed by atoms with Crippen LogP contribution in [0.2, 0.25) is 0 Å². The van der Waals surface area contributed by atoms with Crippen LogP contribution in [0, 0.1) is 5.41 Å². The van der Waals surface area contributed by atoms with Crippen molar-refractivity contribution in [1.82, 2.24) is 0 Å². The predicted molar refractivity (Wildman–Crippen MR) is 130 cm³/mol. The molecule has 172 valence electrons. The first-order valence-corrected chi connectivity index (χ1v) is 11.9. The number of carbonyl (C=O) groups is 1. The Balaban J connectivity index is 1.34. The van der Waals surface area contributed by atoms with Crippen molar-refractivity contribution in [3.63, 3.8) is 0 Å². The molecule has 0 aromatic heterocycles. The molecule has 0 unspecified atom stereocenters. The van der Waals surface area contributed by atoms with Gasteiger partial charge in [-0.25, -0.2) is 4.79 Å². The molecule has 0 radical (unpaired) electrons. The summed E-state index contributed by atoms with van der Waals surface area (Å²) >= 11 is 5.96. The second kappa shape index (κ2) is 9.62. The summed E-state index contributed by atoms with van der Waals surface area (Å²) in [6.07, 6.45) is 7.51. The second-order valence-corrected chi connectivity index (χ2v) is 9.63. The fourth-order valence-electron chi connectivity index (χ4n) is 5.29. The lowest BCUT2D eigenvalue weighted by atomic mass is 9.52. The monoisotopic (exact) mass is 456 g/mol. The van der Waals surface area contributed by atoms with E-state index in [9.17, 15) is 4.79 Å². The summed E-state index contributed by atoms with van der Waals surface area (Å²) in [7, 11) is 3.38. The van der Waals surface area contributed by atoms with E-state index < -0.39 is 0 Å². The Morgan fingerprint density at radius 2 is 1.75 bits per heavy atom. The molecule has 5 rings (SSSR count). The molecule has 0 aliphatic heterocycles. The van der Waals surface area contributed by atoms with Crippen molar-refractivity contribution in [1.29, 1.82) is 0 Å². The molecule has 3 fully saturated rings. The van der Waals surface area contributed by atoms with Crippen molar-refractivity contribution in [2.45, 2.75) is 43.9 Å². The number of methoxy groups -OCH3 is 1.